The first-order chi connectivity index (χ1) is 9.70. The van der Waals surface area contributed by atoms with E-state index in [1.165, 1.54) is 7.11 Å². The molecule has 0 spiro atoms. The molecule has 2 fully saturated rings. The summed E-state index contributed by atoms with van der Waals surface area (Å²) >= 11 is 0. The van der Waals surface area contributed by atoms with E-state index >= 15 is 0 Å². The van der Waals surface area contributed by atoms with Crippen LogP contribution in [0.15, 0.2) is 30.3 Å². The Bertz CT molecular complexity index is 437. The highest BCUT2D eigenvalue weighted by molar-refractivity contribution is 5.16. The van der Waals surface area contributed by atoms with Crippen LogP contribution in [0.3, 0.4) is 0 Å². The summed E-state index contributed by atoms with van der Waals surface area (Å²) in [6, 6.07) is 9.45. The minimum atomic E-state index is -1.14. The van der Waals surface area contributed by atoms with Crippen molar-refractivity contribution in [1.82, 2.24) is 0 Å². The Hall–Kier alpha value is -1.02. The van der Waals surface area contributed by atoms with E-state index < -0.39 is 37.0 Å². The van der Waals surface area contributed by atoms with Gasteiger partial charge in [0.2, 0.25) is 0 Å². The maximum atomic E-state index is 10.1. The van der Waals surface area contributed by atoms with E-state index in [-0.39, 0.29) is 6.61 Å². The third-order valence-corrected chi connectivity index (χ3v) is 3.64. The maximum absolute atomic E-state index is 10.1. The van der Waals surface area contributed by atoms with Crippen LogP contribution in [0.25, 0.3) is 0 Å². The van der Waals surface area contributed by atoms with E-state index in [2.05, 4.69) is 0 Å². The Balaban J connectivity index is 1.74. The van der Waals surface area contributed by atoms with Crippen molar-refractivity contribution in [3.63, 3.8) is 0 Å². The van der Waals surface area contributed by atoms with E-state index in [0.717, 1.165) is 5.56 Å². The molecule has 0 aromatic heterocycles. The van der Waals surface area contributed by atoms with Crippen molar-refractivity contribution in [2.75, 3.05) is 13.7 Å². The number of fused-ring (bicyclic) bond motifs is 1. The second-order valence-electron chi connectivity index (χ2n) is 4.94. The lowest BCUT2D eigenvalue weighted by atomic mass is 9.98. The zero-order valence-electron chi connectivity index (χ0n) is 11.1. The summed E-state index contributed by atoms with van der Waals surface area (Å²) in [5, 5.41) is 20.1. The molecular weight excluding hydrogens is 264 g/mol. The first kappa shape index (κ1) is 13.9. The highest BCUT2D eigenvalue weighted by Gasteiger charge is 2.48. The van der Waals surface area contributed by atoms with Crippen LogP contribution in [0.5, 0.6) is 0 Å². The average molecular weight is 282 g/mol. The van der Waals surface area contributed by atoms with Gasteiger partial charge in [-0.3, -0.25) is 0 Å². The van der Waals surface area contributed by atoms with Gasteiger partial charge >= 0.3 is 0 Å². The van der Waals surface area contributed by atoms with Crippen LogP contribution in [0, 0.1) is 0 Å². The molecule has 6 heteroatoms. The number of aliphatic hydroxyl groups is 2. The molecule has 0 radical (unpaired) electrons. The predicted octanol–water partition coefficient (Wildman–Crippen LogP) is 0.194. The summed E-state index contributed by atoms with van der Waals surface area (Å²) in [6.07, 6.45) is -4.76. The first-order valence-corrected chi connectivity index (χ1v) is 6.57. The van der Waals surface area contributed by atoms with Gasteiger partial charge in [0, 0.05) is 12.7 Å². The number of benzene rings is 1. The van der Waals surface area contributed by atoms with Crippen LogP contribution in [-0.2, 0) is 18.9 Å². The molecule has 20 heavy (non-hydrogen) atoms. The molecule has 2 saturated heterocycles. The van der Waals surface area contributed by atoms with Crippen LogP contribution in [0.2, 0.25) is 0 Å². The number of aliphatic hydroxyl groups excluding tert-OH is 2. The summed E-state index contributed by atoms with van der Waals surface area (Å²) in [4.78, 5) is 0. The lowest BCUT2D eigenvalue weighted by molar-refractivity contribution is -0.358. The minimum Gasteiger partial charge on any atom is -0.387 e. The van der Waals surface area contributed by atoms with Gasteiger partial charge in [-0.1, -0.05) is 30.3 Å². The van der Waals surface area contributed by atoms with Crippen molar-refractivity contribution < 1.29 is 29.2 Å². The molecule has 0 bridgehead atoms. The lowest BCUT2D eigenvalue weighted by Gasteiger charge is -2.45. The third-order valence-electron chi connectivity index (χ3n) is 3.64. The maximum Gasteiger partial charge on any atom is 0.186 e. The topological polar surface area (TPSA) is 77.4 Å². The summed E-state index contributed by atoms with van der Waals surface area (Å²) in [6.45, 7) is 0.272. The van der Waals surface area contributed by atoms with Crippen LogP contribution in [0.1, 0.15) is 11.9 Å². The Kier molecular flexibility index (Phi) is 4.02. The number of rotatable bonds is 2. The van der Waals surface area contributed by atoms with Crippen LogP contribution >= 0.6 is 0 Å². The van der Waals surface area contributed by atoms with E-state index in [1.807, 2.05) is 30.3 Å². The van der Waals surface area contributed by atoms with Crippen molar-refractivity contribution in [1.29, 1.82) is 0 Å². The molecule has 6 atom stereocenters. The molecule has 1 aromatic carbocycles. The van der Waals surface area contributed by atoms with Crippen LogP contribution < -0.4 is 0 Å². The number of hydrogen-bond acceptors (Lipinski definition) is 6. The molecule has 2 aliphatic rings. The normalized spacial score (nSPS) is 41.1. The van der Waals surface area contributed by atoms with Gasteiger partial charge in [-0.05, 0) is 0 Å². The molecule has 2 N–H and O–H groups in total. The fourth-order valence-electron chi connectivity index (χ4n) is 2.55. The summed E-state index contributed by atoms with van der Waals surface area (Å²) < 4.78 is 21.9. The van der Waals surface area contributed by atoms with E-state index in [4.69, 9.17) is 18.9 Å². The number of methoxy groups -OCH3 is 1. The predicted molar refractivity (Wildman–Crippen MR) is 67.7 cm³/mol. The fraction of sp³-hybridized carbons (Fsp3) is 0.571. The van der Waals surface area contributed by atoms with Gasteiger partial charge in [0.15, 0.2) is 12.6 Å². The van der Waals surface area contributed by atoms with Crippen molar-refractivity contribution in [2.45, 2.75) is 37.0 Å². The quantitative estimate of drug-likeness (QED) is 0.806. The Labute approximate surface area is 116 Å². The lowest BCUT2D eigenvalue weighted by Crippen LogP contribution is -2.62. The molecule has 3 rings (SSSR count). The van der Waals surface area contributed by atoms with Crippen LogP contribution in [-0.4, -0.2) is 54.6 Å². The highest BCUT2D eigenvalue weighted by atomic mass is 16.7. The SMILES string of the molecule is CO[C@@H]1O[C@@H]2COC(c3ccccc3)O[C@H]2[C@H](O)[C@@H]1O. The molecule has 6 nitrogen and oxygen atoms in total. The highest BCUT2D eigenvalue weighted by Crippen LogP contribution is 2.33. The molecule has 2 heterocycles. The molecule has 2 aliphatic heterocycles. The monoisotopic (exact) mass is 282 g/mol. The summed E-state index contributed by atoms with van der Waals surface area (Å²) in [5.74, 6) is 0. The minimum absolute atomic E-state index is 0.272. The Morgan fingerprint density at radius 1 is 1.10 bits per heavy atom. The van der Waals surface area contributed by atoms with Gasteiger partial charge in [0.1, 0.15) is 24.4 Å². The number of ether oxygens (including phenoxy) is 4. The molecule has 1 unspecified atom stereocenters. The van der Waals surface area contributed by atoms with Crippen LogP contribution in [0.4, 0.5) is 0 Å². The summed E-state index contributed by atoms with van der Waals surface area (Å²) in [7, 11) is 1.41. The third kappa shape index (κ3) is 2.46. The van der Waals surface area contributed by atoms with Crippen molar-refractivity contribution >= 4 is 0 Å². The molecule has 0 saturated carbocycles. The average Bonchev–Trinajstić information content (AvgIpc) is 2.51. The van der Waals surface area contributed by atoms with Gasteiger partial charge in [0.25, 0.3) is 0 Å². The largest absolute Gasteiger partial charge is 0.387 e. The van der Waals surface area contributed by atoms with E-state index in [9.17, 15) is 10.2 Å². The van der Waals surface area contributed by atoms with Gasteiger partial charge in [-0.25, -0.2) is 0 Å². The zero-order valence-corrected chi connectivity index (χ0v) is 11.1. The molecule has 1 aromatic rings. The van der Waals surface area contributed by atoms with Crippen molar-refractivity contribution in [2.24, 2.45) is 0 Å². The standard InChI is InChI=1S/C14H18O6/c1-17-14-11(16)10(15)12-9(19-14)7-18-13(20-12)8-5-3-2-4-6-8/h2-6,9-16H,7H2,1H3/t9-,10-,11+,12-,13?,14-/m1/s1. The van der Waals surface area contributed by atoms with Gasteiger partial charge in [-0.15, -0.1) is 0 Å². The van der Waals surface area contributed by atoms with E-state index in [1.54, 1.807) is 0 Å². The summed E-state index contributed by atoms with van der Waals surface area (Å²) in [5.41, 5.74) is 0.863. The van der Waals surface area contributed by atoms with Gasteiger partial charge in [0.05, 0.1) is 6.61 Å². The second kappa shape index (κ2) is 5.77. The molecule has 110 valence electrons. The fourth-order valence-corrected chi connectivity index (χ4v) is 2.55. The smallest absolute Gasteiger partial charge is 0.186 e. The Morgan fingerprint density at radius 3 is 2.55 bits per heavy atom. The second-order valence-corrected chi connectivity index (χ2v) is 4.94. The Morgan fingerprint density at radius 2 is 1.85 bits per heavy atom. The zero-order chi connectivity index (χ0) is 14.1. The first-order valence-electron chi connectivity index (χ1n) is 6.57. The van der Waals surface area contributed by atoms with Gasteiger partial charge in [-0.2, -0.15) is 0 Å². The molecular formula is C14H18O6. The van der Waals surface area contributed by atoms with Gasteiger partial charge < -0.3 is 29.2 Å². The molecule has 0 aliphatic carbocycles. The van der Waals surface area contributed by atoms with Crippen molar-refractivity contribution in [3.8, 4) is 0 Å². The molecule has 0 amide bonds. The van der Waals surface area contributed by atoms with Crippen molar-refractivity contribution in [3.05, 3.63) is 35.9 Å². The van der Waals surface area contributed by atoms with E-state index in [0.29, 0.717) is 0 Å². The number of hydrogen-bond donors (Lipinski definition) is 2.